The van der Waals surface area contributed by atoms with E-state index in [9.17, 15) is 9.59 Å². The molecule has 2 aliphatic rings. The summed E-state index contributed by atoms with van der Waals surface area (Å²) < 4.78 is 5.33. The van der Waals surface area contributed by atoms with Gasteiger partial charge in [0.2, 0.25) is 11.8 Å². The van der Waals surface area contributed by atoms with Crippen molar-refractivity contribution in [1.29, 1.82) is 0 Å². The Morgan fingerprint density at radius 2 is 1.93 bits per heavy atom. The van der Waals surface area contributed by atoms with Gasteiger partial charge in [0, 0.05) is 51.4 Å². The molecule has 154 valence electrons. The third-order valence-corrected chi connectivity index (χ3v) is 5.38. The van der Waals surface area contributed by atoms with Crippen LogP contribution in [0.15, 0.2) is 40.6 Å². The first-order valence-electron chi connectivity index (χ1n) is 10.2. The van der Waals surface area contributed by atoms with Crippen molar-refractivity contribution in [2.24, 2.45) is 16.1 Å². The summed E-state index contributed by atoms with van der Waals surface area (Å²) in [4.78, 5) is 25.5. The topological polar surface area (TPSA) is 92.2 Å². The molecule has 0 aliphatic carbocycles. The minimum atomic E-state index is -0.623. The molecule has 2 N–H and O–H groups in total. The molecule has 0 bridgehead atoms. The number of nitrogens with zero attached hydrogens (tertiary/aromatic N) is 2. The van der Waals surface area contributed by atoms with Gasteiger partial charge in [0.15, 0.2) is 5.66 Å². The Hall–Kier alpha value is -2.72. The van der Waals surface area contributed by atoms with E-state index in [2.05, 4.69) is 26.8 Å². The van der Waals surface area contributed by atoms with Gasteiger partial charge in [0.25, 0.3) is 0 Å². The van der Waals surface area contributed by atoms with Gasteiger partial charge in [-0.3, -0.25) is 9.59 Å². The van der Waals surface area contributed by atoms with Gasteiger partial charge in [-0.15, -0.1) is 12.3 Å². The van der Waals surface area contributed by atoms with Crippen LogP contribution >= 0.6 is 0 Å². The quantitative estimate of drug-likeness (QED) is 0.594. The molecule has 0 spiro atoms. The van der Waals surface area contributed by atoms with Crippen LogP contribution in [-0.2, 0) is 20.7 Å². The Morgan fingerprint density at radius 1 is 1.21 bits per heavy atom. The SMILES string of the molecule is C#CCCC1(CCNC(=O)C(Cc2ccccc2)NC(=O)C2CCOCC2)N=N1. The van der Waals surface area contributed by atoms with Gasteiger partial charge < -0.3 is 15.4 Å². The van der Waals surface area contributed by atoms with Crippen molar-refractivity contribution in [3.8, 4) is 12.3 Å². The second-order valence-corrected chi connectivity index (χ2v) is 7.57. The number of hydrogen-bond acceptors (Lipinski definition) is 5. The molecule has 7 nitrogen and oxygen atoms in total. The molecule has 7 heteroatoms. The smallest absolute Gasteiger partial charge is 0.242 e. The molecule has 0 saturated carbocycles. The van der Waals surface area contributed by atoms with Crippen molar-refractivity contribution in [2.45, 2.75) is 50.2 Å². The average molecular weight is 396 g/mol. The van der Waals surface area contributed by atoms with Crippen molar-refractivity contribution in [1.82, 2.24) is 10.6 Å². The maximum Gasteiger partial charge on any atom is 0.242 e. The van der Waals surface area contributed by atoms with Crippen LogP contribution in [0.4, 0.5) is 0 Å². The van der Waals surface area contributed by atoms with E-state index in [-0.39, 0.29) is 17.7 Å². The Balaban J connectivity index is 1.55. The van der Waals surface area contributed by atoms with Crippen LogP contribution < -0.4 is 10.6 Å². The monoisotopic (exact) mass is 396 g/mol. The fourth-order valence-electron chi connectivity index (χ4n) is 3.49. The maximum atomic E-state index is 12.8. The van der Waals surface area contributed by atoms with Gasteiger partial charge in [-0.2, -0.15) is 10.2 Å². The van der Waals surface area contributed by atoms with Crippen LogP contribution in [0.2, 0.25) is 0 Å². The van der Waals surface area contributed by atoms with Crippen LogP contribution in [0.25, 0.3) is 0 Å². The van der Waals surface area contributed by atoms with Gasteiger partial charge in [0.1, 0.15) is 6.04 Å². The molecule has 1 aromatic carbocycles. The summed E-state index contributed by atoms with van der Waals surface area (Å²) in [6.07, 6.45) is 9.06. The summed E-state index contributed by atoms with van der Waals surface area (Å²) in [6, 6.07) is 9.07. The van der Waals surface area contributed by atoms with E-state index in [1.807, 2.05) is 30.3 Å². The first-order valence-corrected chi connectivity index (χ1v) is 10.2. The van der Waals surface area contributed by atoms with Crippen LogP contribution in [0, 0.1) is 18.3 Å². The highest BCUT2D eigenvalue weighted by atomic mass is 16.5. The largest absolute Gasteiger partial charge is 0.381 e. The Bertz CT molecular complexity index is 760. The predicted octanol–water partition coefficient (Wildman–Crippen LogP) is 2.22. The van der Waals surface area contributed by atoms with E-state index in [1.54, 1.807) is 0 Å². The molecule has 0 radical (unpaired) electrons. The Labute approximate surface area is 171 Å². The van der Waals surface area contributed by atoms with Crippen molar-refractivity contribution < 1.29 is 14.3 Å². The Kier molecular flexibility index (Phi) is 7.36. The third kappa shape index (κ3) is 6.40. The highest BCUT2D eigenvalue weighted by molar-refractivity contribution is 5.88. The second kappa shape index (κ2) is 10.2. The minimum absolute atomic E-state index is 0.0814. The lowest BCUT2D eigenvalue weighted by atomic mass is 9.98. The molecule has 29 heavy (non-hydrogen) atoms. The molecule has 2 amide bonds. The number of amides is 2. The zero-order chi connectivity index (χ0) is 20.5. The summed E-state index contributed by atoms with van der Waals surface area (Å²) in [7, 11) is 0. The number of carbonyl (C=O) groups is 2. The number of benzene rings is 1. The predicted molar refractivity (Wildman–Crippen MR) is 109 cm³/mol. The molecular formula is C22H28N4O3. The summed E-state index contributed by atoms with van der Waals surface area (Å²) >= 11 is 0. The lowest BCUT2D eigenvalue weighted by Gasteiger charge is -2.25. The molecule has 3 rings (SSSR count). The normalized spacial score (nSPS) is 18.4. The first kappa shape index (κ1) is 21.0. The summed E-state index contributed by atoms with van der Waals surface area (Å²) in [6.45, 7) is 1.61. The van der Waals surface area contributed by atoms with E-state index in [0.29, 0.717) is 58.3 Å². The molecule has 1 fully saturated rings. The number of hydrogen-bond donors (Lipinski definition) is 2. The van der Waals surface area contributed by atoms with Crippen LogP contribution in [0.3, 0.4) is 0 Å². The van der Waals surface area contributed by atoms with Crippen molar-refractivity contribution >= 4 is 11.8 Å². The minimum Gasteiger partial charge on any atom is -0.381 e. The van der Waals surface area contributed by atoms with E-state index in [0.717, 1.165) is 5.56 Å². The number of terminal acetylenes is 1. The van der Waals surface area contributed by atoms with Gasteiger partial charge >= 0.3 is 0 Å². The lowest BCUT2D eigenvalue weighted by molar-refractivity contribution is -0.133. The molecule has 1 atom stereocenters. The van der Waals surface area contributed by atoms with Crippen molar-refractivity contribution in [3.05, 3.63) is 35.9 Å². The number of carbonyl (C=O) groups excluding carboxylic acids is 2. The molecule has 1 aromatic rings. The standard InChI is InChI=1S/C22H28N4O3/c1-2-3-11-22(25-26-22)12-13-23-21(28)19(16-17-7-5-4-6-8-17)24-20(27)18-9-14-29-15-10-18/h1,4-8,18-19H,3,9-16H2,(H,23,28)(H,24,27). The van der Waals surface area contributed by atoms with Gasteiger partial charge in [-0.25, -0.2) is 0 Å². The summed E-state index contributed by atoms with van der Waals surface area (Å²) in [5.74, 6) is 2.22. The third-order valence-electron chi connectivity index (χ3n) is 5.38. The van der Waals surface area contributed by atoms with Gasteiger partial charge in [0.05, 0.1) is 0 Å². The summed E-state index contributed by atoms with van der Waals surface area (Å²) in [5, 5.41) is 14.1. The van der Waals surface area contributed by atoms with Gasteiger partial charge in [-0.1, -0.05) is 30.3 Å². The average Bonchev–Trinajstić information content (AvgIpc) is 3.53. The van der Waals surface area contributed by atoms with E-state index < -0.39 is 11.7 Å². The lowest BCUT2D eigenvalue weighted by Crippen LogP contribution is -2.50. The zero-order valence-electron chi connectivity index (χ0n) is 16.6. The molecule has 2 heterocycles. The summed E-state index contributed by atoms with van der Waals surface area (Å²) in [5.41, 5.74) is 0.567. The van der Waals surface area contributed by atoms with E-state index >= 15 is 0 Å². The number of ether oxygens (including phenoxy) is 1. The molecule has 1 saturated heterocycles. The van der Waals surface area contributed by atoms with E-state index in [1.165, 1.54) is 0 Å². The zero-order valence-corrected chi connectivity index (χ0v) is 16.6. The fraction of sp³-hybridized carbons (Fsp3) is 0.545. The van der Waals surface area contributed by atoms with Crippen molar-refractivity contribution in [3.63, 3.8) is 0 Å². The Morgan fingerprint density at radius 3 is 2.59 bits per heavy atom. The van der Waals surface area contributed by atoms with E-state index in [4.69, 9.17) is 11.2 Å². The molecule has 2 aliphatic heterocycles. The molecule has 0 aromatic heterocycles. The van der Waals surface area contributed by atoms with Crippen LogP contribution in [0.5, 0.6) is 0 Å². The number of nitrogens with one attached hydrogen (secondary N) is 2. The fourth-order valence-corrected chi connectivity index (χ4v) is 3.49. The maximum absolute atomic E-state index is 12.8. The van der Waals surface area contributed by atoms with Gasteiger partial charge in [-0.05, 0) is 18.4 Å². The van der Waals surface area contributed by atoms with Crippen molar-refractivity contribution in [2.75, 3.05) is 19.8 Å². The highest BCUT2D eigenvalue weighted by Gasteiger charge is 2.38. The number of rotatable bonds is 10. The first-order chi connectivity index (χ1) is 14.1. The van der Waals surface area contributed by atoms with Crippen LogP contribution in [-0.4, -0.2) is 43.3 Å². The highest BCUT2D eigenvalue weighted by Crippen LogP contribution is 2.36. The molecular weight excluding hydrogens is 368 g/mol. The molecule has 1 unspecified atom stereocenters. The van der Waals surface area contributed by atoms with Crippen LogP contribution in [0.1, 0.15) is 37.7 Å². The second-order valence-electron chi connectivity index (χ2n) is 7.57.